The molecule has 4 nitrogen and oxygen atoms in total. The smallest absolute Gasteiger partial charge is 0.138 e. The molecule has 0 radical (unpaired) electrons. The van der Waals surface area contributed by atoms with Crippen molar-refractivity contribution in [1.29, 1.82) is 0 Å². The molecule has 1 aliphatic heterocycles. The van der Waals surface area contributed by atoms with Crippen molar-refractivity contribution in [1.82, 2.24) is 9.97 Å². The van der Waals surface area contributed by atoms with Crippen molar-refractivity contribution >= 4 is 11.6 Å². The Morgan fingerprint density at radius 3 is 2.52 bits per heavy atom. The maximum Gasteiger partial charge on any atom is 0.138 e. The highest BCUT2D eigenvalue weighted by atomic mass is 15.2. The molecule has 4 heteroatoms. The van der Waals surface area contributed by atoms with Crippen LogP contribution in [0.4, 0.5) is 11.6 Å². The van der Waals surface area contributed by atoms with Crippen LogP contribution >= 0.6 is 0 Å². The van der Waals surface area contributed by atoms with E-state index in [1.165, 1.54) is 6.42 Å². The molecule has 21 heavy (non-hydrogen) atoms. The SMILES string of the molecule is CCCNc1cc(N2CCC(C)(C)C2)nc(C(C)(C)C)n1. The lowest BCUT2D eigenvalue weighted by atomic mass is 9.93. The standard InChI is InChI=1S/C17H30N4/c1-7-9-18-13-11-14(20-15(19-13)16(2,3)4)21-10-8-17(5,6)12-21/h11H,7-10,12H2,1-6H3,(H,18,19,20). The van der Waals surface area contributed by atoms with Gasteiger partial charge in [0.1, 0.15) is 17.5 Å². The van der Waals surface area contributed by atoms with E-state index in [1.54, 1.807) is 0 Å². The number of rotatable bonds is 4. The van der Waals surface area contributed by atoms with E-state index in [0.717, 1.165) is 43.5 Å². The second-order valence-electron chi connectivity index (χ2n) is 7.95. The summed E-state index contributed by atoms with van der Waals surface area (Å²) in [6, 6.07) is 2.10. The average Bonchev–Trinajstić information content (AvgIpc) is 2.75. The molecule has 0 aromatic carbocycles. The van der Waals surface area contributed by atoms with Gasteiger partial charge in [-0.2, -0.15) is 0 Å². The number of hydrogen-bond donors (Lipinski definition) is 1. The summed E-state index contributed by atoms with van der Waals surface area (Å²) >= 11 is 0. The zero-order valence-electron chi connectivity index (χ0n) is 14.5. The monoisotopic (exact) mass is 290 g/mol. The second-order valence-corrected chi connectivity index (χ2v) is 7.95. The molecule has 2 rings (SSSR count). The van der Waals surface area contributed by atoms with Crippen LogP contribution in [0.3, 0.4) is 0 Å². The van der Waals surface area contributed by atoms with Crippen LogP contribution in [0.5, 0.6) is 0 Å². The highest BCUT2D eigenvalue weighted by Gasteiger charge is 2.31. The van der Waals surface area contributed by atoms with E-state index in [9.17, 15) is 0 Å². The Kier molecular flexibility index (Phi) is 4.45. The molecule has 1 aromatic heterocycles. The number of nitrogens with one attached hydrogen (secondary N) is 1. The molecule has 0 amide bonds. The minimum atomic E-state index is -0.0338. The first-order valence-electron chi connectivity index (χ1n) is 8.10. The normalized spacial score (nSPS) is 18.1. The van der Waals surface area contributed by atoms with Crippen LogP contribution in [-0.2, 0) is 5.41 Å². The Morgan fingerprint density at radius 2 is 2.00 bits per heavy atom. The summed E-state index contributed by atoms with van der Waals surface area (Å²) < 4.78 is 0. The Balaban J connectivity index is 2.31. The van der Waals surface area contributed by atoms with E-state index in [0.29, 0.717) is 5.41 Å². The molecule has 0 aliphatic carbocycles. The number of nitrogens with zero attached hydrogens (tertiary/aromatic N) is 3. The van der Waals surface area contributed by atoms with Gasteiger partial charge in [-0.3, -0.25) is 0 Å². The van der Waals surface area contributed by atoms with Crippen LogP contribution in [0, 0.1) is 5.41 Å². The molecule has 0 saturated carbocycles. The summed E-state index contributed by atoms with van der Waals surface area (Å²) in [6.45, 7) is 16.4. The van der Waals surface area contributed by atoms with Gasteiger partial charge in [0, 0.05) is 31.1 Å². The predicted molar refractivity (Wildman–Crippen MR) is 90.1 cm³/mol. The molecule has 0 unspecified atom stereocenters. The number of anilines is 2. The third-order valence-corrected chi connectivity index (χ3v) is 3.94. The zero-order valence-corrected chi connectivity index (χ0v) is 14.5. The molecule has 0 spiro atoms. The fraction of sp³-hybridized carbons (Fsp3) is 0.765. The highest BCUT2D eigenvalue weighted by Crippen LogP contribution is 2.33. The summed E-state index contributed by atoms with van der Waals surface area (Å²) in [7, 11) is 0. The average molecular weight is 290 g/mol. The Labute approximate surface area is 129 Å². The predicted octanol–water partition coefficient (Wildman–Crippen LogP) is 3.83. The van der Waals surface area contributed by atoms with Crippen LogP contribution in [0.15, 0.2) is 6.07 Å². The quantitative estimate of drug-likeness (QED) is 0.915. The minimum absolute atomic E-state index is 0.0338. The first-order valence-corrected chi connectivity index (χ1v) is 8.10. The van der Waals surface area contributed by atoms with E-state index in [4.69, 9.17) is 9.97 Å². The van der Waals surface area contributed by atoms with Gasteiger partial charge in [0.05, 0.1) is 0 Å². The minimum Gasteiger partial charge on any atom is -0.370 e. The fourth-order valence-corrected chi connectivity index (χ4v) is 2.58. The zero-order chi connectivity index (χ0) is 15.7. The van der Waals surface area contributed by atoms with Crippen LogP contribution in [0.25, 0.3) is 0 Å². The summed E-state index contributed by atoms with van der Waals surface area (Å²) in [6.07, 6.45) is 2.32. The van der Waals surface area contributed by atoms with Crippen LogP contribution in [0.2, 0.25) is 0 Å². The van der Waals surface area contributed by atoms with Gasteiger partial charge >= 0.3 is 0 Å². The molecule has 1 fully saturated rings. The molecule has 2 heterocycles. The Bertz CT molecular complexity index is 488. The lowest BCUT2D eigenvalue weighted by Gasteiger charge is -2.24. The van der Waals surface area contributed by atoms with E-state index in [-0.39, 0.29) is 5.41 Å². The van der Waals surface area contributed by atoms with Crippen molar-refractivity contribution in [3.05, 3.63) is 11.9 Å². The van der Waals surface area contributed by atoms with Crippen LogP contribution in [0.1, 0.15) is 60.2 Å². The van der Waals surface area contributed by atoms with Gasteiger partial charge in [-0.15, -0.1) is 0 Å². The number of aromatic nitrogens is 2. The lowest BCUT2D eigenvalue weighted by Crippen LogP contribution is -2.26. The molecule has 1 saturated heterocycles. The summed E-state index contributed by atoms with van der Waals surface area (Å²) in [5.41, 5.74) is 0.345. The van der Waals surface area contributed by atoms with E-state index in [1.807, 2.05) is 0 Å². The van der Waals surface area contributed by atoms with Crippen molar-refractivity contribution in [2.75, 3.05) is 29.9 Å². The summed E-state index contributed by atoms with van der Waals surface area (Å²) in [4.78, 5) is 11.9. The molecular weight excluding hydrogens is 260 g/mol. The molecule has 0 atom stereocenters. The second kappa shape index (κ2) is 5.82. The molecule has 1 aliphatic rings. The van der Waals surface area contributed by atoms with Gasteiger partial charge in [-0.05, 0) is 18.3 Å². The van der Waals surface area contributed by atoms with Gasteiger partial charge in [-0.1, -0.05) is 41.5 Å². The number of hydrogen-bond acceptors (Lipinski definition) is 4. The Hall–Kier alpha value is -1.32. The van der Waals surface area contributed by atoms with Gasteiger partial charge < -0.3 is 10.2 Å². The molecule has 0 bridgehead atoms. The highest BCUT2D eigenvalue weighted by molar-refractivity contribution is 5.51. The van der Waals surface area contributed by atoms with Crippen LogP contribution in [-0.4, -0.2) is 29.6 Å². The van der Waals surface area contributed by atoms with E-state index >= 15 is 0 Å². The van der Waals surface area contributed by atoms with Gasteiger partial charge in [0.15, 0.2) is 0 Å². The maximum atomic E-state index is 4.84. The van der Waals surface area contributed by atoms with Crippen LogP contribution < -0.4 is 10.2 Å². The third-order valence-electron chi connectivity index (χ3n) is 3.94. The van der Waals surface area contributed by atoms with Crippen molar-refractivity contribution in [3.8, 4) is 0 Å². The summed E-state index contributed by atoms with van der Waals surface area (Å²) in [5.74, 6) is 2.94. The van der Waals surface area contributed by atoms with Gasteiger partial charge in [-0.25, -0.2) is 9.97 Å². The van der Waals surface area contributed by atoms with Crippen molar-refractivity contribution < 1.29 is 0 Å². The Morgan fingerprint density at radius 1 is 1.29 bits per heavy atom. The first-order chi connectivity index (χ1) is 9.71. The van der Waals surface area contributed by atoms with Crippen molar-refractivity contribution in [2.24, 2.45) is 5.41 Å². The molecule has 118 valence electrons. The maximum absolute atomic E-state index is 4.84. The summed E-state index contributed by atoms with van der Waals surface area (Å²) in [5, 5.41) is 3.41. The van der Waals surface area contributed by atoms with Gasteiger partial charge in [0.25, 0.3) is 0 Å². The first kappa shape index (κ1) is 16.1. The molecule has 1 N–H and O–H groups in total. The fourth-order valence-electron chi connectivity index (χ4n) is 2.58. The molecule has 1 aromatic rings. The lowest BCUT2D eigenvalue weighted by molar-refractivity contribution is 0.418. The molecular formula is C17H30N4. The van der Waals surface area contributed by atoms with Gasteiger partial charge in [0.2, 0.25) is 0 Å². The topological polar surface area (TPSA) is 41.0 Å². The third kappa shape index (κ3) is 4.08. The van der Waals surface area contributed by atoms with E-state index < -0.39 is 0 Å². The van der Waals surface area contributed by atoms with Crippen molar-refractivity contribution in [2.45, 2.75) is 59.8 Å². The van der Waals surface area contributed by atoms with E-state index in [2.05, 4.69) is 57.8 Å². The largest absolute Gasteiger partial charge is 0.370 e. The van der Waals surface area contributed by atoms with Crippen molar-refractivity contribution in [3.63, 3.8) is 0 Å².